The molecule has 0 amide bonds. The maximum atomic E-state index is 2.29. The van der Waals surface area contributed by atoms with E-state index in [1.54, 1.807) is 0 Å². The molecular formula is C12H15B5. The van der Waals surface area contributed by atoms with Crippen molar-refractivity contribution in [1.82, 2.24) is 0 Å². The predicted octanol–water partition coefficient (Wildman–Crippen LogP) is -5.35. The summed E-state index contributed by atoms with van der Waals surface area (Å²) in [5.74, 6) is 0. The first-order valence-electron chi connectivity index (χ1n) is 6.14. The highest BCUT2D eigenvalue weighted by atomic mass is 14.1. The summed E-state index contributed by atoms with van der Waals surface area (Å²) >= 11 is 0. The SMILES string of the molecule is Bc1ccc(-c2cc(B)cc(B)c2B)c(B)c1. The third-order valence-corrected chi connectivity index (χ3v) is 3.48. The van der Waals surface area contributed by atoms with Crippen LogP contribution in [0.5, 0.6) is 0 Å². The maximum absolute atomic E-state index is 2.29. The summed E-state index contributed by atoms with van der Waals surface area (Å²) in [6.07, 6.45) is 0. The fourth-order valence-corrected chi connectivity index (χ4v) is 2.44. The van der Waals surface area contributed by atoms with Crippen molar-refractivity contribution in [1.29, 1.82) is 0 Å². The molecule has 0 fully saturated rings. The molecule has 0 saturated heterocycles. The minimum absolute atomic E-state index is 1.33. The Morgan fingerprint density at radius 1 is 0.588 bits per heavy atom. The van der Waals surface area contributed by atoms with Crippen LogP contribution in [0.25, 0.3) is 11.1 Å². The molecule has 0 heterocycles. The molecule has 0 spiro atoms. The number of benzene rings is 2. The van der Waals surface area contributed by atoms with Crippen LogP contribution < -0.4 is 27.3 Å². The molecule has 0 aliphatic heterocycles. The van der Waals surface area contributed by atoms with Crippen LogP contribution >= 0.6 is 0 Å². The molecule has 0 aliphatic carbocycles. The average Bonchev–Trinajstić information content (AvgIpc) is 2.24. The fraction of sp³-hybridized carbons (Fsp3) is 0. The number of hydrogen-bond acceptors (Lipinski definition) is 0. The van der Waals surface area contributed by atoms with Gasteiger partial charge in [0.25, 0.3) is 0 Å². The molecule has 0 saturated carbocycles. The van der Waals surface area contributed by atoms with Gasteiger partial charge < -0.3 is 0 Å². The molecule has 0 aliphatic rings. The molecule has 2 aromatic carbocycles. The highest BCUT2D eigenvalue weighted by Gasteiger charge is 2.07. The van der Waals surface area contributed by atoms with Crippen LogP contribution in [0.1, 0.15) is 0 Å². The van der Waals surface area contributed by atoms with Crippen LogP contribution in [-0.2, 0) is 0 Å². The maximum Gasteiger partial charge on any atom is 0.140 e. The Morgan fingerprint density at radius 2 is 1.24 bits per heavy atom. The van der Waals surface area contributed by atoms with Crippen molar-refractivity contribution in [3.05, 3.63) is 30.3 Å². The summed E-state index contributed by atoms with van der Waals surface area (Å²) < 4.78 is 0. The summed E-state index contributed by atoms with van der Waals surface area (Å²) in [4.78, 5) is 0. The van der Waals surface area contributed by atoms with Crippen LogP contribution in [0.2, 0.25) is 0 Å². The van der Waals surface area contributed by atoms with Gasteiger partial charge in [0.15, 0.2) is 0 Å². The Morgan fingerprint density at radius 3 is 1.88 bits per heavy atom. The zero-order valence-corrected chi connectivity index (χ0v) is 11.4. The van der Waals surface area contributed by atoms with Crippen LogP contribution in [0.4, 0.5) is 0 Å². The Kier molecular flexibility index (Phi) is 3.28. The van der Waals surface area contributed by atoms with Gasteiger partial charge in [0.05, 0.1) is 0 Å². The molecule has 0 radical (unpaired) electrons. The minimum atomic E-state index is 1.33. The van der Waals surface area contributed by atoms with E-state index in [2.05, 4.69) is 69.6 Å². The van der Waals surface area contributed by atoms with Gasteiger partial charge >= 0.3 is 0 Å². The van der Waals surface area contributed by atoms with Crippen molar-refractivity contribution in [3.63, 3.8) is 0 Å². The minimum Gasteiger partial charge on any atom is -0.0951 e. The van der Waals surface area contributed by atoms with Crippen LogP contribution in [0, 0.1) is 0 Å². The van der Waals surface area contributed by atoms with Crippen LogP contribution in [-0.4, -0.2) is 39.2 Å². The first kappa shape index (κ1) is 12.2. The van der Waals surface area contributed by atoms with Gasteiger partial charge in [0.2, 0.25) is 0 Å². The normalized spacial score (nSPS) is 10.4. The molecule has 0 nitrogen and oxygen atoms in total. The molecule has 0 atom stereocenters. The van der Waals surface area contributed by atoms with Crippen LogP contribution in [0.3, 0.4) is 0 Å². The molecule has 2 aromatic rings. The second kappa shape index (κ2) is 4.56. The van der Waals surface area contributed by atoms with E-state index >= 15 is 0 Å². The number of rotatable bonds is 1. The first-order chi connectivity index (χ1) is 7.99. The van der Waals surface area contributed by atoms with Gasteiger partial charge in [0, 0.05) is 0 Å². The topological polar surface area (TPSA) is 0 Å². The Bertz CT molecular complexity index is 577. The second-order valence-electron chi connectivity index (χ2n) is 5.07. The van der Waals surface area contributed by atoms with Crippen molar-refractivity contribution in [3.8, 4) is 11.1 Å². The molecule has 5 heteroatoms. The van der Waals surface area contributed by atoms with Gasteiger partial charge in [-0.05, 0) is 11.1 Å². The van der Waals surface area contributed by atoms with E-state index in [0.717, 1.165) is 0 Å². The largest absolute Gasteiger partial charge is 0.140 e. The standard InChI is InChI=1S/C12H15B5/c13-6-1-2-8(10(15)4-6)9-3-7(14)5-11(16)12(9)17/h1-5H,13-17H2. The van der Waals surface area contributed by atoms with Crippen molar-refractivity contribution in [2.75, 3.05) is 0 Å². The van der Waals surface area contributed by atoms with Gasteiger partial charge in [-0.2, -0.15) is 0 Å². The predicted molar refractivity (Wildman–Crippen MR) is 92.8 cm³/mol. The van der Waals surface area contributed by atoms with E-state index in [-0.39, 0.29) is 0 Å². The zero-order chi connectivity index (χ0) is 12.6. The number of hydrogen-bond donors (Lipinski definition) is 0. The van der Waals surface area contributed by atoms with Crippen molar-refractivity contribution in [2.24, 2.45) is 0 Å². The smallest absolute Gasteiger partial charge is 0.0951 e. The first-order valence-corrected chi connectivity index (χ1v) is 6.14. The summed E-state index contributed by atoms with van der Waals surface area (Å²) in [5.41, 5.74) is 9.52. The lowest BCUT2D eigenvalue weighted by Gasteiger charge is -2.14. The molecule has 2 rings (SSSR count). The van der Waals surface area contributed by atoms with Crippen LogP contribution in [0.15, 0.2) is 30.3 Å². The molecule has 0 N–H and O–H groups in total. The van der Waals surface area contributed by atoms with Gasteiger partial charge in [-0.3, -0.25) is 0 Å². The third-order valence-electron chi connectivity index (χ3n) is 3.48. The van der Waals surface area contributed by atoms with E-state index in [4.69, 9.17) is 0 Å². The van der Waals surface area contributed by atoms with E-state index in [1.807, 2.05) is 0 Å². The monoisotopic (exact) mass is 214 g/mol. The lowest BCUT2D eigenvalue weighted by atomic mass is 9.71. The van der Waals surface area contributed by atoms with Gasteiger partial charge in [0.1, 0.15) is 39.2 Å². The lowest BCUT2D eigenvalue weighted by molar-refractivity contribution is 1.75. The Balaban J connectivity index is 2.68. The fourth-order valence-electron chi connectivity index (χ4n) is 2.44. The molecular weight excluding hydrogens is 198 g/mol. The van der Waals surface area contributed by atoms with Crippen molar-refractivity contribution in [2.45, 2.75) is 0 Å². The lowest BCUT2D eigenvalue weighted by Crippen LogP contribution is -2.33. The summed E-state index contributed by atoms with van der Waals surface area (Å²) in [5, 5.41) is 0. The highest BCUT2D eigenvalue weighted by Crippen LogP contribution is 2.11. The van der Waals surface area contributed by atoms with Gasteiger partial charge in [-0.1, -0.05) is 57.6 Å². The molecule has 0 unspecified atom stereocenters. The van der Waals surface area contributed by atoms with Gasteiger partial charge in [-0.25, -0.2) is 0 Å². The second-order valence-corrected chi connectivity index (χ2v) is 5.07. The Hall–Kier alpha value is -1.24. The van der Waals surface area contributed by atoms with Crippen molar-refractivity contribution >= 4 is 66.5 Å². The van der Waals surface area contributed by atoms with Gasteiger partial charge in [-0.15, -0.1) is 0 Å². The molecule has 0 bridgehead atoms. The van der Waals surface area contributed by atoms with Crippen molar-refractivity contribution < 1.29 is 0 Å². The average molecular weight is 213 g/mol. The summed E-state index contributed by atoms with van der Waals surface area (Å²) in [7, 11) is 10.9. The summed E-state index contributed by atoms with van der Waals surface area (Å²) in [6.45, 7) is 0. The Labute approximate surface area is 108 Å². The van der Waals surface area contributed by atoms with E-state index < -0.39 is 0 Å². The summed E-state index contributed by atoms with van der Waals surface area (Å²) in [6, 6.07) is 11.2. The molecule has 0 aromatic heterocycles. The highest BCUT2D eigenvalue weighted by molar-refractivity contribution is 6.53. The quantitative estimate of drug-likeness (QED) is 0.415. The molecule has 78 valence electrons. The zero-order valence-electron chi connectivity index (χ0n) is 11.4. The third kappa shape index (κ3) is 2.38. The molecule has 17 heavy (non-hydrogen) atoms. The van der Waals surface area contributed by atoms with E-state index in [0.29, 0.717) is 0 Å². The van der Waals surface area contributed by atoms with E-state index in [9.17, 15) is 0 Å². The van der Waals surface area contributed by atoms with E-state index in [1.165, 1.54) is 38.4 Å².